The van der Waals surface area contributed by atoms with E-state index < -0.39 is 0 Å². The minimum Gasteiger partial charge on any atom is -0.396 e. The molecule has 0 saturated carbocycles. The van der Waals surface area contributed by atoms with Crippen molar-refractivity contribution in [1.82, 2.24) is 5.43 Å². The van der Waals surface area contributed by atoms with E-state index in [4.69, 9.17) is 10.9 Å². The Morgan fingerprint density at radius 1 is 0.636 bits per heavy atom. The van der Waals surface area contributed by atoms with E-state index in [0.29, 0.717) is 13.0 Å². The molecule has 0 rings (SSSR count). The summed E-state index contributed by atoms with van der Waals surface area (Å²) >= 11 is 0. The van der Waals surface area contributed by atoms with Gasteiger partial charge in [0.05, 0.1) is 0 Å². The second-order valence-corrected chi connectivity index (χ2v) is 6.34. The smallest absolute Gasteiger partial charge is 0.233 e. The zero-order chi connectivity index (χ0) is 16.3. The van der Waals surface area contributed by atoms with E-state index in [9.17, 15) is 4.79 Å². The highest BCUT2D eigenvalue weighted by Gasteiger charge is 1.98. The third kappa shape index (κ3) is 17.4. The van der Waals surface area contributed by atoms with Crippen molar-refractivity contribution < 1.29 is 9.90 Å². The van der Waals surface area contributed by atoms with Crippen LogP contribution in [0.2, 0.25) is 0 Å². The number of carbonyl (C=O) groups is 1. The molecule has 0 aromatic carbocycles. The molecule has 0 aromatic heterocycles. The quantitative estimate of drug-likeness (QED) is 0.163. The number of rotatable bonds is 17. The van der Waals surface area contributed by atoms with Gasteiger partial charge in [0.15, 0.2) is 0 Å². The molecular formula is C18H38N2O2. The van der Waals surface area contributed by atoms with Crippen molar-refractivity contribution in [1.29, 1.82) is 0 Å². The molecule has 0 heterocycles. The van der Waals surface area contributed by atoms with E-state index in [2.05, 4.69) is 5.43 Å². The highest BCUT2D eigenvalue weighted by atomic mass is 16.2. The molecule has 132 valence electrons. The van der Waals surface area contributed by atoms with Crippen LogP contribution in [0.15, 0.2) is 0 Å². The average Bonchev–Trinajstić information content (AvgIpc) is 2.54. The van der Waals surface area contributed by atoms with Crippen molar-refractivity contribution >= 4 is 5.91 Å². The van der Waals surface area contributed by atoms with Gasteiger partial charge in [-0.15, -0.1) is 0 Å². The maximum atomic E-state index is 10.9. The molecule has 0 aliphatic rings. The van der Waals surface area contributed by atoms with Crippen LogP contribution in [0.25, 0.3) is 0 Å². The van der Waals surface area contributed by atoms with Crippen molar-refractivity contribution in [3.63, 3.8) is 0 Å². The fourth-order valence-electron chi connectivity index (χ4n) is 2.77. The molecule has 22 heavy (non-hydrogen) atoms. The van der Waals surface area contributed by atoms with E-state index in [-0.39, 0.29) is 5.91 Å². The number of hydrazine groups is 1. The lowest BCUT2D eigenvalue weighted by Gasteiger charge is -2.03. The van der Waals surface area contributed by atoms with E-state index in [1.807, 2.05) is 0 Å². The Hall–Kier alpha value is -0.610. The molecular weight excluding hydrogens is 276 g/mol. The Morgan fingerprint density at radius 2 is 0.955 bits per heavy atom. The number of carbonyl (C=O) groups excluding carboxylic acids is 1. The minimum atomic E-state index is -0.0478. The van der Waals surface area contributed by atoms with Gasteiger partial charge in [0, 0.05) is 13.0 Å². The fourth-order valence-corrected chi connectivity index (χ4v) is 2.77. The first-order valence-electron chi connectivity index (χ1n) is 9.41. The maximum absolute atomic E-state index is 10.9. The highest BCUT2D eigenvalue weighted by molar-refractivity contribution is 5.74. The van der Waals surface area contributed by atoms with Crippen LogP contribution < -0.4 is 11.3 Å². The van der Waals surface area contributed by atoms with Gasteiger partial charge in [0.1, 0.15) is 0 Å². The van der Waals surface area contributed by atoms with Crippen LogP contribution in [0, 0.1) is 0 Å². The topological polar surface area (TPSA) is 75.3 Å². The Kier molecular flexibility index (Phi) is 17.9. The largest absolute Gasteiger partial charge is 0.396 e. The SMILES string of the molecule is NNC(=O)CCCCCCCCCCCCCCCCCO. The van der Waals surface area contributed by atoms with Gasteiger partial charge in [-0.05, 0) is 12.8 Å². The van der Waals surface area contributed by atoms with Gasteiger partial charge in [-0.3, -0.25) is 10.2 Å². The van der Waals surface area contributed by atoms with E-state index >= 15 is 0 Å². The number of aliphatic hydroxyl groups is 1. The molecule has 0 aliphatic heterocycles. The van der Waals surface area contributed by atoms with Crippen molar-refractivity contribution in [2.75, 3.05) is 6.61 Å². The number of hydrogen-bond donors (Lipinski definition) is 3. The number of aliphatic hydroxyl groups excluding tert-OH is 1. The van der Waals surface area contributed by atoms with Crippen LogP contribution >= 0.6 is 0 Å². The molecule has 4 N–H and O–H groups in total. The fraction of sp³-hybridized carbons (Fsp3) is 0.944. The average molecular weight is 315 g/mol. The van der Waals surface area contributed by atoms with E-state index in [0.717, 1.165) is 19.3 Å². The molecule has 0 bridgehead atoms. The molecule has 0 saturated heterocycles. The zero-order valence-corrected chi connectivity index (χ0v) is 14.5. The van der Waals surface area contributed by atoms with Gasteiger partial charge in [-0.2, -0.15) is 0 Å². The first kappa shape index (κ1) is 21.4. The molecule has 0 radical (unpaired) electrons. The van der Waals surface area contributed by atoms with Crippen LogP contribution in [-0.4, -0.2) is 17.6 Å². The van der Waals surface area contributed by atoms with E-state index in [1.54, 1.807) is 0 Å². The molecule has 0 aliphatic carbocycles. The number of hydrogen-bond acceptors (Lipinski definition) is 3. The number of amides is 1. The van der Waals surface area contributed by atoms with Crippen LogP contribution in [0.4, 0.5) is 0 Å². The molecule has 0 aromatic rings. The molecule has 4 nitrogen and oxygen atoms in total. The third-order valence-corrected chi connectivity index (χ3v) is 4.22. The zero-order valence-electron chi connectivity index (χ0n) is 14.5. The lowest BCUT2D eigenvalue weighted by Crippen LogP contribution is -2.29. The summed E-state index contributed by atoms with van der Waals surface area (Å²) in [7, 11) is 0. The summed E-state index contributed by atoms with van der Waals surface area (Å²) < 4.78 is 0. The molecule has 4 heteroatoms. The van der Waals surface area contributed by atoms with Crippen LogP contribution in [0.5, 0.6) is 0 Å². The summed E-state index contributed by atoms with van der Waals surface area (Å²) in [4.78, 5) is 10.9. The van der Waals surface area contributed by atoms with Gasteiger partial charge in [0.25, 0.3) is 0 Å². The van der Waals surface area contributed by atoms with Crippen molar-refractivity contribution in [3.8, 4) is 0 Å². The molecule has 0 atom stereocenters. The van der Waals surface area contributed by atoms with Crippen LogP contribution in [-0.2, 0) is 4.79 Å². The summed E-state index contributed by atoms with van der Waals surface area (Å²) in [6.45, 7) is 0.350. The van der Waals surface area contributed by atoms with Crippen molar-refractivity contribution in [3.05, 3.63) is 0 Å². The number of unbranched alkanes of at least 4 members (excludes halogenated alkanes) is 14. The third-order valence-electron chi connectivity index (χ3n) is 4.22. The standard InChI is InChI=1S/C18H38N2O2/c19-20-18(22)16-14-12-10-8-6-4-2-1-3-5-7-9-11-13-15-17-21/h21H,1-17,19H2,(H,20,22). The summed E-state index contributed by atoms with van der Waals surface area (Å²) in [5.41, 5.74) is 2.17. The first-order valence-corrected chi connectivity index (χ1v) is 9.41. The van der Waals surface area contributed by atoms with Crippen molar-refractivity contribution in [2.24, 2.45) is 5.84 Å². The summed E-state index contributed by atoms with van der Waals surface area (Å²) in [5.74, 6) is 4.98. The minimum absolute atomic E-state index is 0.0478. The Morgan fingerprint density at radius 3 is 1.27 bits per heavy atom. The molecule has 1 amide bonds. The van der Waals surface area contributed by atoms with Crippen LogP contribution in [0.1, 0.15) is 103 Å². The molecule has 0 fully saturated rings. The maximum Gasteiger partial charge on any atom is 0.233 e. The van der Waals surface area contributed by atoms with Gasteiger partial charge >= 0.3 is 0 Å². The van der Waals surface area contributed by atoms with Crippen molar-refractivity contribution in [2.45, 2.75) is 103 Å². The second-order valence-electron chi connectivity index (χ2n) is 6.34. The summed E-state index contributed by atoms with van der Waals surface area (Å²) in [6.07, 6.45) is 19.6. The van der Waals surface area contributed by atoms with Crippen LogP contribution in [0.3, 0.4) is 0 Å². The van der Waals surface area contributed by atoms with Gasteiger partial charge in [-0.25, -0.2) is 5.84 Å². The van der Waals surface area contributed by atoms with Gasteiger partial charge < -0.3 is 5.11 Å². The second kappa shape index (κ2) is 18.4. The lowest BCUT2D eigenvalue weighted by atomic mass is 10.0. The molecule has 0 spiro atoms. The molecule has 0 unspecified atom stereocenters. The van der Waals surface area contributed by atoms with Gasteiger partial charge in [-0.1, -0.05) is 83.5 Å². The normalized spacial score (nSPS) is 10.8. The monoisotopic (exact) mass is 314 g/mol. The number of nitrogens with one attached hydrogen (secondary N) is 1. The number of nitrogens with two attached hydrogens (primary N) is 1. The first-order chi connectivity index (χ1) is 10.8. The lowest BCUT2D eigenvalue weighted by molar-refractivity contribution is -0.121. The summed E-state index contributed by atoms with van der Waals surface area (Å²) in [6, 6.07) is 0. The Bertz CT molecular complexity index is 235. The summed E-state index contributed by atoms with van der Waals surface area (Å²) in [5, 5.41) is 8.68. The Labute approximate surface area is 137 Å². The van der Waals surface area contributed by atoms with E-state index in [1.165, 1.54) is 77.0 Å². The highest BCUT2D eigenvalue weighted by Crippen LogP contribution is 2.13. The Balaban J connectivity index is 2.98. The predicted molar refractivity (Wildman–Crippen MR) is 93.3 cm³/mol. The van der Waals surface area contributed by atoms with Gasteiger partial charge in [0.2, 0.25) is 5.91 Å². The predicted octanol–water partition coefficient (Wildman–Crippen LogP) is 4.21.